The lowest BCUT2D eigenvalue weighted by atomic mass is 10.1. The van der Waals surface area contributed by atoms with Crippen molar-refractivity contribution in [3.05, 3.63) is 41.0 Å². The van der Waals surface area contributed by atoms with Gasteiger partial charge in [-0.2, -0.15) is 13.2 Å². The highest BCUT2D eigenvalue weighted by Crippen LogP contribution is 2.28. The van der Waals surface area contributed by atoms with E-state index in [1.165, 1.54) is 19.1 Å². The van der Waals surface area contributed by atoms with Crippen LogP contribution in [-0.4, -0.2) is 15.0 Å². The van der Waals surface area contributed by atoms with Crippen LogP contribution in [0.2, 0.25) is 0 Å². The number of rotatable bonds is 1. The number of hydrogen-bond donors (Lipinski definition) is 0. The summed E-state index contributed by atoms with van der Waals surface area (Å²) in [5.41, 5.74) is -0.218. The molecule has 1 aromatic carbocycles. The zero-order valence-corrected chi connectivity index (χ0v) is 9.59. The molecule has 0 bridgehead atoms. The minimum absolute atomic E-state index is 0.230. The van der Waals surface area contributed by atoms with Gasteiger partial charge in [-0.15, -0.1) is 5.10 Å². The number of hydrogen-bond acceptors (Lipinski definition) is 2. The molecule has 0 amide bonds. The van der Waals surface area contributed by atoms with Crippen LogP contribution in [0, 0.1) is 19.7 Å². The number of alkyl halides is 3. The first-order valence-corrected chi connectivity index (χ1v) is 5.06. The fourth-order valence-corrected chi connectivity index (χ4v) is 1.57. The van der Waals surface area contributed by atoms with E-state index in [0.29, 0.717) is 5.56 Å². The predicted octanol–water partition coefficient (Wildman–Crippen LogP) is 3.04. The van der Waals surface area contributed by atoms with Crippen LogP contribution in [0.3, 0.4) is 0 Å². The molecule has 18 heavy (non-hydrogen) atoms. The lowest BCUT2D eigenvalue weighted by Gasteiger charge is -2.07. The molecule has 1 aromatic heterocycles. The molecule has 0 aliphatic heterocycles. The Morgan fingerprint density at radius 2 is 1.83 bits per heavy atom. The molecule has 2 rings (SSSR count). The van der Waals surface area contributed by atoms with Gasteiger partial charge in [-0.25, -0.2) is 9.07 Å². The van der Waals surface area contributed by atoms with E-state index in [2.05, 4.69) is 10.3 Å². The van der Waals surface area contributed by atoms with Crippen molar-refractivity contribution in [1.29, 1.82) is 0 Å². The maximum atomic E-state index is 13.6. The lowest BCUT2D eigenvalue weighted by molar-refractivity contribution is -0.141. The van der Waals surface area contributed by atoms with Crippen molar-refractivity contribution < 1.29 is 17.6 Å². The molecule has 0 radical (unpaired) electrons. The van der Waals surface area contributed by atoms with Gasteiger partial charge in [-0.05, 0) is 25.5 Å². The zero-order chi connectivity index (χ0) is 13.5. The first-order chi connectivity index (χ1) is 8.30. The number of halogens is 4. The summed E-state index contributed by atoms with van der Waals surface area (Å²) in [5, 5.41) is 6.39. The molecule has 0 spiro atoms. The lowest BCUT2D eigenvalue weighted by Crippen LogP contribution is -2.05. The van der Waals surface area contributed by atoms with E-state index in [-0.39, 0.29) is 11.3 Å². The second-order valence-corrected chi connectivity index (χ2v) is 3.89. The molecule has 96 valence electrons. The highest BCUT2D eigenvalue weighted by molar-refractivity contribution is 5.43. The summed E-state index contributed by atoms with van der Waals surface area (Å²) in [6, 6.07) is 2.98. The molecule has 0 saturated heterocycles. The van der Waals surface area contributed by atoms with Crippen molar-refractivity contribution in [2.45, 2.75) is 20.0 Å². The Kier molecular flexibility index (Phi) is 2.84. The molecule has 0 fully saturated rings. The maximum absolute atomic E-state index is 13.6. The molecule has 0 aliphatic rings. The number of nitrogens with zero attached hydrogens (tertiary/aromatic N) is 3. The van der Waals surface area contributed by atoms with Crippen LogP contribution in [0.5, 0.6) is 0 Å². The summed E-state index contributed by atoms with van der Waals surface area (Å²) in [6.07, 6.45) is -3.83. The number of benzene rings is 1. The highest BCUT2D eigenvalue weighted by Gasteiger charge is 2.34. The fourth-order valence-electron chi connectivity index (χ4n) is 1.57. The molecular weight excluding hydrogens is 250 g/mol. The van der Waals surface area contributed by atoms with E-state index in [4.69, 9.17) is 0 Å². The first-order valence-electron chi connectivity index (χ1n) is 5.06. The van der Waals surface area contributed by atoms with Crippen LogP contribution in [0.15, 0.2) is 18.3 Å². The standard InChI is InChI=1S/C11H9F4N3/c1-6-3-4-8(7(2)10(6)12)18-5-9(16-17-18)11(13,14)15/h3-5H,1-2H3. The average Bonchev–Trinajstić information content (AvgIpc) is 2.75. The van der Waals surface area contributed by atoms with Gasteiger partial charge in [0.25, 0.3) is 0 Å². The molecule has 0 unspecified atom stereocenters. The van der Waals surface area contributed by atoms with Crippen LogP contribution in [0.1, 0.15) is 16.8 Å². The van der Waals surface area contributed by atoms with Gasteiger partial charge in [0.05, 0.1) is 11.9 Å². The predicted molar refractivity (Wildman–Crippen MR) is 55.8 cm³/mol. The van der Waals surface area contributed by atoms with Crippen molar-refractivity contribution in [1.82, 2.24) is 15.0 Å². The summed E-state index contributed by atoms with van der Waals surface area (Å²) >= 11 is 0. The molecule has 1 heterocycles. The van der Waals surface area contributed by atoms with Gasteiger partial charge in [-0.3, -0.25) is 0 Å². The van der Waals surface area contributed by atoms with E-state index < -0.39 is 17.7 Å². The smallest absolute Gasteiger partial charge is 0.220 e. The zero-order valence-electron chi connectivity index (χ0n) is 9.59. The topological polar surface area (TPSA) is 30.7 Å². The molecule has 0 atom stereocenters. The summed E-state index contributed by atoms with van der Waals surface area (Å²) < 4.78 is 51.7. The first kappa shape index (κ1) is 12.5. The highest BCUT2D eigenvalue weighted by atomic mass is 19.4. The monoisotopic (exact) mass is 259 g/mol. The fraction of sp³-hybridized carbons (Fsp3) is 0.273. The van der Waals surface area contributed by atoms with Gasteiger partial charge < -0.3 is 0 Å². The van der Waals surface area contributed by atoms with Crippen molar-refractivity contribution in [2.75, 3.05) is 0 Å². The van der Waals surface area contributed by atoms with Gasteiger partial charge >= 0.3 is 6.18 Å². The van der Waals surface area contributed by atoms with Crippen LogP contribution in [-0.2, 0) is 6.18 Å². The Labute approximate surface area is 100 Å². The average molecular weight is 259 g/mol. The minimum atomic E-state index is -4.56. The van der Waals surface area contributed by atoms with Gasteiger partial charge in [0.1, 0.15) is 5.82 Å². The van der Waals surface area contributed by atoms with Crippen LogP contribution in [0.4, 0.5) is 17.6 Å². The molecular formula is C11H9F4N3. The summed E-state index contributed by atoms with van der Waals surface area (Å²) in [7, 11) is 0. The largest absolute Gasteiger partial charge is 0.436 e. The van der Waals surface area contributed by atoms with E-state index in [0.717, 1.165) is 10.9 Å². The van der Waals surface area contributed by atoms with Crippen molar-refractivity contribution in [3.63, 3.8) is 0 Å². The molecule has 0 saturated carbocycles. The third-order valence-corrected chi connectivity index (χ3v) is 2.58. The SMILES string of the molecule is Cc1ccc(-n2cc(C(F)(F)F)nn2)c(C)c1F. The van der Waals surface area contributed by atoms with Crippen LogP contribution in [0.25, 0.3) is 5.69 Å². The quantitative estimate of drug-likeness (QED) is 0.737. The number of aryl methyl sites for hydroxylation is 1. The van der Waals surface area contributed by atoms with Gasteiger partial charge in [0.15, 0.2) is 5.69 Å². The third-order valence-electron chi connectivity index (χ3n) is 2.58. The Bertz CT molecular complexity index is 586. The van der Waals surface area contributed by atoms with E-state index in [1.54, 1.807) is 6.92 Å². The minimum Gasteiger partial charge on any atom is -0.220 e. The van der Waals surface area contributed by atoms with E-state index in [9.17, 15) is 17.6 Å². The molecule has 2 aromatic rings. The Morgan fingerprint density at radius 1 is 1.17 bits per heavy atom. The van der Waals surface area contributed by atoms with E-state index >= 15 is 0 Å². The van der Waals surface area contributed by atoms with E-state index in [1.807, 2.05) is 0 Å². The summed E-state index contributed by atoms with van der Waals surface area (Å²) in [6.45, 7) is 3.06. The summed E-state index contributed by atoms with van der Waals surface area (Å²) in [4.78, 5) is 0. The molecule has 0 N–H and O–H groups in total. The Balaban J connectivity index is 2.50. The van der Waals surface area contributed by atoms with Crippen LogP contribution >= 0.6 is 0 Å². The molecule has 3 nitrogen and oxygen atoms in total. The normalized spacial score (nSPS) is 11.9. The third kappa shape index (κ3) is 2.07. The number of aromatic nitrogens is 3. The summed E-state index contributed by atoms with van der Waals surface area (Å²) in [5.74, 6) is -0.462. The molecule has 0 aliphatic carbocycles. The second-order valence-electron chi connectivity index (χ2n) is 3.89. The van der Waals surface area contributed by atoms with Gasteiger partial charge in [0, 0.05) is 5.56 Å². The van der Waals surface area contributed by atoms with Gasteiger partial charge in [-0.1, -0.05) is 11.3 Å². The van der Waals surface area contributed by atoms with Crippen LogP contribution < -0.4 is 0 Å². The maximum Gasteiger partial charge on any atom is 0.436 e. The van der Waals surface area contributed by atoms with Crippen molar-refractivity contribution in [3.8, 4) is 5.69 Å². The van der Waals surface area contributed by atoms with Crippen molar-refractivity contribution in [2.24, 2.45) is 0 Å². The van der Waals surface area contributed by atoms with Crippen molar-refractivity contribution >= 4 is 0 Å². The second kappa shape index (κ2) is 4.08. The van der Waals surface area contributed by atoms with Gasteiger partial charge in [0.2, 0.25) is 0 Å². The molecule has 7 heteroatoms. The Morgan fingerprint density at radius 3 is 2.39 bits per heavy atom. The Hall–Kier alpha value is -1.92.